The molecule has 2 heterocycles. The van der Waals surface area contributed by atoms with Gasteiger partial charge in [0.2, 0.25) is 0 Å². The van der Waals surface area contributed by atoms with E-state index in [9.17, 15) is 13.2 Å². The largest absolute Gasteiger partial charge is 0.491 e. The first kappa shape index (κ1) is 19.7. The molecule has 3 aromatic rings. The molecule has 0 aliphatic rings. The zero-order valence-electron chi connectivity index (χ0n) is 15.8. The van der Waals surface area contributed by atoms with E-state index >= 15 is 0 Å². The lowest BCUT2D eigenvalue weighted by molar-refractivity contribution is 0.146. The monoisotopic (exact) mass is 392 g/mol. The van der Waals surface area contributed by atoms with Gasteiger partial charge in [-0.05, 0) is 13.8 Å². The minimum Gasteiger partial charge on any atom is -0.491 e. The van der Waals surface area contributed by atoms with Crippen LogP contribution in [-0.2, 0) is 0 Å². The van der Waals surface area contributed by atoms with E-state index in [1.807, 2.05) is 0 Å². The van der Waals surface area contributed by atoms with Gasteiger partial charge < -0.3 is 14.8 Å². The number of benzene rings is 1. The fourth-order valence-electron chi connectivity index (χ4n) is 2.89. The summed E-state index contributed by atoms with van der Waals surface area (Å²) in [4.78, 5) is 12.9. The second-order valence-corrected chi connectivity index (χ2v) is 6.11. The number of aromatic nitrogens is 3. The van der Waals surface area contributed by atoms with E-state index in [0.29, 0.717) is 28.4 Å². The van der Waals surface area contributed by atoms with E-state index in [1.54, 1.807) is 19.9 Å². The molecule has 2 aromatic heterocycles. The molecule has 0 saturated carbocycles. The van der Waals surface area contributed by atoms with Gasteiger partial charge in [-0.25, -0.2) is 23.1 Å². The number of aryl methyl sites for hydroxylation is 1. The number of fused-ring (bicyclic) bond motifs is 1. The van der Waals surface area contributed by atoms with Crippen LogP contribution in [0.5, 0.6) is 11.6 Å². The Bertz CT molecular complexity index is 1010. The van der Waals surface area contributed by atoms with Gasteiger partial charge in [-0.15, -0.1) is 0 Å². The van der Waals surface area contributed by atoms with Crippen LogP contribution in [-0.4, -0.2) is 29.2 Å². The number of alkyl halides is 2. The fraction of sp³-hybridized carbons (Fsp3) is 0.316. The summed E-state index contributed by atoms with van der Waals surface area (Å²) in [6.45, 7) is 3.34. The van der Waals surface area contributed by atoms with Gasteiger partial charge in [0.1, 0.15) is 17.5 Å². The standard InChI is InChI=1S/C19H19F3N4O2/c1-9(11-6-5-7-12(15(11)20)16(21)22)23-17-13-8-14(27-3)19(28-4)26-18(13)25-10(2)24-17/h5-9,16H,1-4H3,(H,23,24,25,26)/t9-/m1/s1. The van der Waals surface area contributed by atoms with Crippen LogP contribution in [0.2, 0.25) is 0 Å². The smallest absolute Gasteiger partial charge is 0.266 e. The molecule has 9 heteroatoms. The van der Waals surface area contributed by atoms with Crippen LogP contribution in [0, 0.1) is 12.7 Å². The van der Waals surface area contributed by atoms with Gasteiger partial charge in [0.15, 0.2) is 11.4 Å². The molecule has 3 rings (SSSR count). The van der Waals surface area contributed by atoms with E-state index in [0.717, 1.165) is 6.07 Å². The van der Waals surface area contributed by atoms with Gasteiger partial charge in [-0.2, -0.15) is 4.98 Å². The van der Waals surface area contributed by atoms with Crippen molar-refractivity contribution in [2.24, 2.45) is 0 Å². The molecule has 1 N–H and O–H groups in total. The number of hydrogen-bond acceptors (Lipinski definition) is 6. The molecule has 0 unspecified atom stereocenters. The molecule has 0 spiro atoms. The van der Waals surface area contributed by atoms with Crippen LogP contribution < -0.4 is 14.8 Å². The van der Waals surface area contributed by atoms with Crippen LogP contribution in [0.1, 0.15) is 36.3 Å². The molecule has 0 fully saturated rings. The Labute approximate surface area is 159 Å². The van der Waals surface area contributed by atoms with Crippen molar-refractivity contribution in [1.29, 1.82) is 0 Å². The van der Waals surface area contributed by atoms with Crippen molar-refractivity contribution >= 4 is 16.9 Å². The number of pyridine rings is 1. The van der Waals surface area contributed by atoms with Crippen molar-refractivity contribution in [2.45, 2.75) is 26.3 Å². The molecule has 1 aromatic carbocycles. The Morgan fingerprint density at radius 1 is 1.04 bits per heavy atom. The third-order valence-electron chi connectivity index (χ3n) is 4.26. The molecule has 0 radical (unpaired) electrons. The van der Waals surface area contributed by atoms with Crippen LogP contribution in [0.4, 0.5) is 19.0 Å². The highest BCUT2D eigenvalue weighted by Crippen LogP contribution is 2.33. The number of methoxy groups -OCH3 is 2. The van der Waals surface area contributed by atoms with E-state index < -0.39 is 23.8 Å². The molecule has 28 heavy (non-hydrogen) atoms. The maximum atomic E-state index is 14.5. The number of hydrogen-bond donors (Lipinski definition) is 1. The van der Waals surface area contributed by atoms with Crippen molar-refractivity contribution in [1.82, 2.24) is 15.0 Å². The summed E-state index contributed by atoms with van der Waals surface area (Å²) < 4.78 is 50.9. The molecule has 0 amide bonds. The molecular weight excluding hydrogens is 373 g/mol. The predicted octanol–water partition coefficient (Wildman–Crippen LogP) is 4.60. The topological polar surface area (TPSA) is 69.2 Å². The zero-order valence-corrected chi connectivity index (χ0v) is 15.8. The number of ether oxygens (including phenoxy) is 2. The first-order valence-electron chi connectivity index (χ1n) is 8.46. The van der Waals surface area contributed by atoms with E-state index in [2.05, 4.69) is 20.3 Å². The molecule has 0 aliphatic heterocycles. The maximum Gasteiger partial charge on any atom is 0.266 e. The summed E-state index contributed by atoms with van der Waals surface area (Å²) in [5, 5.41) is 3.59. The van der Waals surface area contributed by atoms with Crippen LogP contribution in [0.3, 0.4) is 0 Å². The molecule has 0 saturated heterocycles. The molecule has 1 atom stereocenters. The number of halogens is 3. The van der Waals surface area contributed by atoms with Crippen LogP contribution in [0.15, 0.2) is 24.3 Å². The lowest BCUT2D eigenvalue weighted by Crippen LogP contribution is -2.12. The van der Waals surface area contributed by atoms with E-state index in [4.69, 9.17) is 9.47 Å². The highest BCUT2D eigenvalue weighted by molar-refractivity contribution is 5.88. The number of anilines is 1. The number of rotatable bonds is 6. The lowest BCUT2D eigenvalue weighted by Gasteiger charge is -2.19. The van der Waals surface area contributed by atoms with Gasteiger partial charge >= 0.3 is 0 Å². The SMILES string of the molecule is COc1cc2c(N[C@H](C)c3cccc(C(F)F)c3F)nc(C)nc2nc1OC. The second-order valence-electron chi connectivity index (χ2n) is 6.11. The first-order valence-corrected chi connectivity index (χ1v) is 8.46. The summed E-state index contributed by atoms with van der Waals surface area (Å²) in [5.74, 6) is 0.519. The average Bonchev–Trinajstić information content (AvgIpc) is 2.66. The summed E-state index contributed by atoms with van der Waals surface area (Å²) in [7, 11) is 2.94. The molecule has 0 aliphatic carbocycles. The van der Waals surface area contributed by atoms with Crippen molar-refractivity contribution in [2.75, 3.05) is 19.5 Å². The van der Waals surface area contributed by atoms with Gasteiger partial charge in [0, 0.05) is 11.6 Å². The first-order chi connectivity index (χ1) is 13.3. The highest BCUT2D eigenvalue weighted by Gasteiger charge is 2.21. The minimum atomic E-state index is -2.89. The second kappa shape index (κ2) is 7.87. The summed E-state index contributed by atoms with van der Waals surface area (Å²) in [5.41, 5.74) is -0.166. The minimum absolute atomic E-state index is 0.107. The van der Waals surface area contributed by atoms with Gasteiger partial charge in [-0.1, -0.05) is 18.2 Å². The average molecular weight is 392 g/mol. The third-order valence-corrected chi connectivity index (χ3v) is 4.26. The number of nitrogens with one attached hydrogen (secondary N) is 1. The van der Waals surface area contributed by atoms with E-state index in [1.165, 1.54) is 26.4 Å². The Morgan fingerprint density at radius 3 is 2.39 bits per heavy atom. The Morgan fingerprint density at radius 2 is 1.75 bits per heavy atom. The van der Waals surface area contributed by atoms with Gasteiger partial charge in [0.25, 0.3) is 12.3 Å². The fourth-order valence-corrected chi connectivity index (χ4v) is 2.89. The van der Waals surface area contributed by atoms with Crippen molar-refractivity contribution in [3.05, 3.63) is 47.0 Å². The Balaban J connectivity index is 2.06. The highest BCUT2D eigenvalue weighted by atomic mass is 19.3. The van der Waals surface area contributed by atoms with Gasteiger partial charge in [-0.3, -0.25) is 0 Å². The molecular formula is C19H19F3N4O2. The molecule has 0 bridgehead atoms. The van der Waals surface area contributed by atoms with Crippen molar-refractivity contribution in [3.8, 4) is 11.6 Å². The Hall–Kier alpha value is -3.10. The summed E-state index contributed by atoms with van der Waals surface area (Å²) >= 11 is 0. The van der Waals surface area contributed by atoms with E-state index in [-0.39, 0.29) is 11.4 Å². The normalized spacial score (nSPS) is 12.3. The molecule has 148 valence electrons. The summed E-state index contributed by atoms with van der Waals surface area (Å²) in [6, 6.07) is 4.95. The third kappa shape index (κ3) is 3.64. The van der Waals surface area contributed by atoms with Crippen LogP contribution >= 0.6 is 0 Å². The molecule has 6 nitrogen and oxygen atoms in total. The lowest BCUT2D eigenvalue weighted by atomic mass is 10.0. The van der Waals surface area contributed by atoms with Gasteiger partial charge in [0.05, 0.1) is 31.2 Å². The maximum absolute atomic E-state index is 14.5. The van der Waals surface area contributed by atoms with Crippen molar-refractivity contribution in [3.63, 3.8) is 0 Å². The quantitative estimate of drug-likeness (QED) is 0.661. The summed E-state index contributed by atoms with van der Waals surface area (Å²) in [6.07, 6.45) is -2.89. The Kier molecular flexibility index (Phi) is 5.53. The number of nitrogens with zero attached hydrogens (tertiary/aromatic N) is 3. The zero-order chi connectivity index (χ0) is 20.4. The van der Waals surface area contributed by atoms with Crippen molar-refractivity contribution < 1.29 is 22.6 Å². The van der Waals surface area contributed by atoms with Crippen LogP contribution in [0.25, 0.3) is 11.0 Å². The predicted molar refractivity (Wildman–Crippen MR) is 98.6 cm³/mol.